The second kappa shape index (κ2) is 8.27. The lowest BCUT2D eigenvalue weighted by Crippen LogP contribution is -2.19. The molecule has 1 aromatic heterocycles. The molecule has 0 aliphatic heterocycles. The molecular weight excluding hydrogens is 206 g/mol. The van der Waals surface area contributed by atoms with Crippen molar-refractivity contribution in [1.29, 1.82) is 0 Å². The van der Waals surface area contributed by atoms with E-state index in [1.165, 1.54) is 0 Å². The minimum atomic E-state index is 0.0986. The molecule has 0 saturated carbocycles. The first-order chi connectivity index (χ1) is 7.88. The summed E-state index contributed by atoms with van der Waals surface area (Å²) in [4.78, 5) is 4.27. The normalized spacial score (nSPS) is 10.9. The number of aliphatic hydroxyl groups excluding tert-OH is 1. The summed E-state index contributed by atoms with van der Waals surface area (Å²) in [5.74, 6) is 1.07. The van der Waals surface area contributed by atoms with Gasteiger partial charge >= 0.3 is 0 Å². The Kier molecular flexibility index (Phi) is 6.80. The van der Waals surface area contributed by atoms with Crippen molar-refractivity contribution in [2.24, 2.45) is 0 Å². The molecule has 1 rings (SSSR count). The molecule has 0 saturated heterocycles. The van der Waals surface area contributed by atoms with Gasteiger partial charge in [-0.2, -0.15) is 0 Å². The van der Waals surface area contributed by atoms with E-state index < -0.39 is 0 Å². The van der Waals surface area contributed by atoms with E-state index in [0.717, 1.165) is 31.9 Å². The molecule has 1 aromatic rings. The third kappa shape index (κ3) is 4.74. The van der Waals surface area contributed by atoms with Crippen LogP contribution >= 0.6 is 0 Å². The lowest BCUT2D eigenvalue weighted by atomic mass is 10.4. The van der Waals surface area contributed by atoms with E-state index in [4.69, 9.17) is 9.84 Å². The average Bonchev–Trinajstić information content (AvgIpc) is 2.75. The number of aliphatic hydroxyl groups is 1. The lowest BCUT2D eigenvalue weighted by Gasteiger charge is -2.06. The fourth-order valence-electron chi connectivity index (χ4n) is 1.46. The van der Waals surface area contributed by atoms with Gasteiger partial charge in [0.2, 0.25) is 0 Å². The van der Waals surface area contributed by atoms with Crippen molar-refractivity contribution in [2.75, 3.05) is 26.4 Å². The third-order valence-corrected chi connectivity index (χ3v) is 2.30. The smallest absolute Gasteiger partial charge is 0.122 e. The molecule has 1 heterocycles. The van der Waals surface area contributed by atoms with Crippen molar-refractivity contribution in [2.45, 2.75) is 26.4 Å². The Labute approximate surface area is 96.4 Å². The molecule has 5 nitrogen and oxygen atoms in total. The minimum Gasteiger partial charge on any atom is -0.394 e. The molecule has 0 aliphatic rings. The van der Waals surface area contributed by atoms with Crippen LogP contribution in [0.3, 0.4) is 0 Å². The molecule has 0 unspecified atom stereocenters. The van der Waals surface area contributed by atoms with E-state index >= 15 is 0 Å². The van der Waals surface area contributed by atoms with Gasteiger partial charge in [-0.25, -0.2) is 4.98 Å². The Morgan fingerprint density at radius 2 is 2.38 bits per heavy atom. The second-order valence-electron chi connectivity index (χ2n) is 3.50. The predicted molar refractivity (Wildman–Crippen MR) is 62.1 cm³/mol. The number of hydrogen-bond acceptors (Lipinski definition) is 4. The Bertz CT molecular complexity index is 276. The molecule has 0 aliphatic carbocycles. The van der Waals surface area contributed by atoms with E-state index in [2.05, 4.69) is 21.8 Å². The van der Waals surface area contributed by atoms with E-state index in [0.29, 0.717) is 13.2 Å². The van der Waals surface area contributed by atoms with Crippen molar-refractivity contribution < 1.29 is 9.84 Å². The largest absolute Gasteiger partial charge is 0.394 e. The fourth-order valence-corrected chi connectivity index (χ4v) is 1.46. The Morgan fingerprint density at radius 3 is 3.12 bits per heavy atom. The first kappa shape index (κ1) is 13.2. The molecule has 0 spiro atoms. The summed E-state index contributed by atoms with van der Waals surface area (Å²) in [6, 6.07) is 0. The summed E-state index contributed by atoms with van der Waals surface area (Å²) in [7, 11) is 0. The van der Waals surface area contributed by atoms with Crippen LogP contribution < -0.4 is 5.32 Å². The van der Waals surface area contributed by atoms with Crippen molar-refractivity contribution in [1.82, 2.24) is 14.9 Å². The number of nitrogens with one attached hydrogen (secondary N) is 1. The van der Waals surface area contributed by atoms with Crippen molar-refractivity contribution in [3.05, 3.63) is 18.2 Å². The molecule has 16 heavy (non-hydrogen) atoms. The van der Waals surface area contributed by atoms with Gasteiger partial charge in [0.15, 0.2) is 0 Å². The zero-order valence-corrected chi connectivity index (χ0v) is 9.85. The first-order valence-corrected chi connectivity index (χ1v) is 5.77. The molecule has 0 amide bonds. The molecule has 92 valence electrons. The summed E-state index contributed by atoms with van der Waals surface area (Å²) >= 11 is 0. The van der Waals surface area contributed by atoms with Gasteiger partial charge in [-0.05, 0) is 19.9 Å². The summed E-state index contributed by atoms with van der Waals surface area (Å²) in [6.07, 6.45) is 4.76. The average molecular weight is 227 g/mol. The highest BCUT2D eigenvalue weighted by Gasteiger charge is 1.99. The Balaban J connectivity index is 2.03. The van der Waals surface area contributed by atoms with Gasteiger partial charge in [-0.3, -0.25) is 0 Å². The standard InChI is InChI=1S/C11H21N3O2/c1-2-14-6-5-13-11(14)10-12-4-3-8-16-9-7-15/h5-6,12,15H,2-4,7-10H2,1H3. The lowest BCUT2D eigenvalue weighted by molar-refractivity contribution is 0.0907. The fraction of sp³-hybridized carbons (Fsp3) is 0.727. The summed E-state index contributed by atoms with van der Waals surface area (Å²) in [6.45, 7) is 5.98. The monoisotopic (exact) mass is 227 g/mol. The maximum Gasteiger partial charge on any atom is 0.122 e. The van der Waals surface area contributed by atoms with Crippen LogP contribution in [0.15, 0.2) is 12.4 Å². The zero-order chi connectivity index (χ0) is 11.6. The van der Waals surface area contributed by atoms with Gasteiger partial charge in [0.25, 0.3) is 0 Å². The number of aryl methyl sites for hydroxylation is 1. The molecule has 5 heteroatoms. The zero-order valence-electron chi connectivity index (χ0n) is 9.85. The SMILES string of the molecule is CCn1ccnc1CNCCCOCCO. The van der Waals surface area contributed by atoms with Crippen molar-refractivity contribution >= 4 is 0 Å². The number of nitrogens with zero attached hydrogens (tertiary/aromatic N) is 2. The van der Waals surface area contributed by atoms with Crippen molar-refractivity contribution in [3.63, 3.8) is 0 Å². The van der Waals surface area contributed by atoms with Gasteiger partial charge in [0, 0.05) is 25.5 Å². The summed E-state index contributed by atoms with van der Waals surface area (Å²) < 4.78 is 7.27. The number of aromatic nitrogens is 2. The maximum atomic E-state index is 8.50. The van der Waals surface area contributed by atoms with E-state index in [1.807, 2.05) is 12.4 Å². The van der Waals surface area contributed by atoms with E-state index in [9.17, 15) is 0 Å². The highest BCUT2D eigenvalue weighted by Crippen LogP contribution is 1.96. The number of hydrogen-bond donors (Lipinski definition) is 2. The number of rotatable bonds is 9. The topological polar surface area (TPSA) is 59.3 Å². The van der Waals surface area contributed by atoms with Crippen LogP contribution in [0.2, 0.25) is 0 Å². The molecular formula is C11H21N3O2. The Morgan fingerprint density at radius 1 is 1.50 bits per heavy atom. The number of imidazole rings is 1. The Hall–Kier alpha value is -0.910. The van der Waals surface area contributed by atoms with Crippen LogP contribution in [0.5, 0.6) is 0 Å². The quantitative estimate of drug-likeness (QED) is 0.599. The van der Waals surface area contributed by atoms with Gasteiger partial charge in [0.05, 0.1) is 19.8 Å². The highest BCUT2D eigenvalue weighted by molar-refractivity contribution is 4.91. The summed E-state index contributed by atoms with van der Waals surface area (Å²) in [5, 5.41) is 11.8. The van der Waals surface area contributed by atoms with Crippen LogP contribution in [-0.2, 0) is 17.8 Å². The minimum absolute atomic E-state index is 0.0986. The van der Waals surface area contributed by atoms with Gasteiger partial charge in [-0.15, -0.1) is 0 Å². The van der Waals surface area contributed by atoms with Crippen LogP contribution in [0.1, 0.15) is 19.2 Å². The van der Waals surface area contributed by atoms with Gasteiger partial charge < -0.3 is 19.7 Å². The molecule has 0 fully saturated rings. The molecule has 0 bridgehead atoms. The molecule has 0 aromatic carbocycles. The second-order valence-corrected chi connectivity index (χ2v) is 3.50. The van der Waals surface area contributed by atoms with Gasteiger partial charge in [0.1, 0.15) is 5.82 Å². The van der Waals surface area contributed by atoms with Gasteiger partial charge in [-0.1, -0.05) is 0 Å². The van der Waals surface area contributed by atoms with Crippen molar-refractivity contribution in [3.8, 4) is 0 Å². The highest BCUT2D eigenvalue weighted by atomic mass is 16.5. The molecule has 2 N–H and O–H groups in total. The van der Waals surface area contributed by atoms with Crippen LogP contribution in [0, 0.1) is 0 Å². The first-order valence-electron chi connectivity index (χ1n) is 5.77. The summed E-state index contributed by atoms with van der Waals surface area (Å²) in [5.41, 5.74) is 0. The van der Waals surface area contributed by atoms with Crippen LogP contribution in [-0.4, -0.2) is 41.0 Å². The third-order valence-electron chi connectivity index (χ3n) is 2.30. The van der Waals surface area contributed by atoms with E-state index in [1.54, 1.807) is 0 Å². The van der Waals surface area contributed by atoms with Crippen LogP contribution in [0.25, 0.3) is 0 Å². The predicted octanol–water partition coefficient (Wildman–Crippen LogP) is 0.392. The molecule has 0 radical (unpaired) electrons. The maximum absolute atomic E-state index is 8.50. The van der Waals surface area contributed by atoms with Crippen LogP contribution in [0.4, 0.5) is 0 Å². The molecule has 0 atom stereocenters. The number of ether oxygens (including phenoxy) is 1. The van der Waals surface area contributed by atoms with E-state index in [-0.39, 0.29) is 6.61 Å².